The number of benzene rings is 2. The summed E-state index contributed by atoms with van der Waals surface area (Å²) in [6.45, 7) is 2.45. The van der Waals surface area contributed by atoms with Gasteiger partial charge in [-0.15, -0.1) is 0 Å². The van der Waals surface area contributed by atoms with Crippen LogP contribution in [0.15, 0.2) is 42.5 Å². The fourth-order valence-electron chi connectivity index (χ4n) is 1.81. The van der Waals surface area contributed by atoms with Crippen LogP contribution < -0.4 is 9.47 Å². The van der Waals surface area contributed by atoms with Crippen LogP contribution in [0.5, 0.6) is 11.5 Å². The molecule has 0 fully saturated rings. The largest absolute Gasteiger partial charge is 0.490 e. The summed E-state index contributed by atoms with van der Waals surface area (Å²) in [4.78, 5) is 11.2. The summed E-state index contributed by atoms with van der Waals surface area (Å²) < 4.78 is 24.2. The van der Waals surface area contributed by atoms with E-state index in [2.05, 4.69) is 0 Å². The van der Waals surface area contributed by atoms with Crippen molar-refractivity contribution in [2.24, 2.45) is 0 Å². The van der Waals surface area contributed by atoms with Gasteiger partial charge in [0.25, 0.3) is 5.24 Å². The quantitative estimate of drug-likeness (QED) is 0.751. The van der Waals surface area contributed by atoms with E-state index in [1.807, 2.05) is 6.92 Å². The molecule has 0 atom stereocenters. The topological polar surface area (TPSA) is 35.5 Å². The van der Waals surface area contributed by atoms with Crippen LogP contribution in [0.1, 0.15) is 22.8 Å². The van der Waals surface area contributed by atoms with Gasteiger partial charge in [0.15, 0.2) is 11.5 Å². The van der Waals surface area contributed by atoms with Crippen molar-refractivity contribution in [1.29, 1.82) is 0 Å². The van der Waals surface area contributed by atoms with Crippen LogP contribution >= 0.6 is 11.6 Å². The molecule has 0 radical (unpaired) electrons. The molecule has 0 heterocycles. The van der Waals surface area contributed by atoms with Gasteiger partial charge < -0.3 is 9.47 Å². The summed E-state index contributed by atoms with van der Waals surface area (Å²) in [6, 6.07) is 10.8. The second-order valence-corrected chi connectivity index (χ2v) is 4.63. The van der Waals surface area contributed by atoms with Gasteiger partial charge in [0.2, 0.25) is 0 Å². The highest BCUT2D eigenvalue weighted by Crippen LogP contribution is 2.29. The second-order valence-electron chi connectivity index (χ2n) is 4.29. The third-order valence-electron chi connectivity index (χ3n) is 2.75. The Hall–Kier alpha value is -2.07. The van der Waals surface area contributed by atoms with Crippen LogP contribution in [-0.4, -0.2) is 11.8 Å². The molecular weight excluding hydrogens is 295 g/mol. The van der Waals surface area contributed by atoms with E-state index in [1.54, 1.807) is 24.3 Å². The van der Waals surface area contributed by atoms with Gasteiger partial charge in [-0.3, -0.25) is 4.79 Å². The van der Waals surface area contributed by atoms with E-state index in [9.17, 15) is 9.18 Å². The van der Waals surface area contributed by atoms with E-state index in [0.29, 0.717) is 29.2 Å². The molecule has 2 rings (SSSR count). The van der Waals surface area contributed by atoms with Crippen LogP contribution in [0, 0.1) is 5.82 Å². The molecule has 0 saturated heterocycles. The zero-order valence-corrected chi connectivity index (χ0v) is 12.2. The normalized spacial score (nSPS) is 10.2. The first-order chi connectivity index (χ1) is 10.1. The molecule has 21 heavy (non-hydrogen) atoms. The highest BCUT2D eigenvalue weighted by atomic mass is 35.5. The maximum atomic E-state index is 13.1. The van der Waals surface area contributed by atoms with Crippen LogP contribution in [0.3, 0.4) is 0 Å². The number of carbonyl (C=O) groups excluding carboxylic acids is 1. The fourth-order valence-corrected chi connectivity index (χ4v) is 1.92. The minimum Gasteiger partial charge on any atom is -0.490 e. The van der Waals surface area contributed by atoms with Crippen molar-refractivity contribution in [3.05, 3.63) is 59.4 Å². The van der Waals surface area contributed by atoms with Crippen LogP contribution in [0.2, 0.25) is 0 Å². The Morgan fingerprint density at radius 2 is 1.95 bits per heavy atom. The van der Waals surface area contributed by atoms with Crippen molar-refractivity contribution in [1.82, 2.24) is 0 Å². The first kappa shape index (κ1) is 15.3. The Morgan fingerprint density at radius 3 is 2.62 bits per heavy atom. The maximum Gasteiger partial charge on any atom is 0.252 e. The monoisotopic (exact) mass is 308 g/mol. The van der Waals surface area contributed by atoms with E-state index in [1.165, 1.54) is 18.2 Å². The van der Waals surface area contributed by atoms with Gasteiger partial charge in [-0.1, -0.05) is 12.1 Å². The van der Waals surface area contributed by atoms with Crippen molar-refractivity contribution < 1.29 is 18.7 Å². The highest BCUT2D eigenvalue weighted by molar-refractivity contribution is 6.67. The minimum atomic E-state index is -0.562. The zero-order chi connectivity index (χ0) is 15.2. The molecule has 2 aromatic carbocycles. The van der Waals surface area contributed by atoms with Crippen molar-refractivity contribution in [2.45, 2.75) is 13.5 Å². The van der Waals surface area contributed by atoms with Gasteiger partial charge in [-0.25, -0.2) is 4.39 Å². The lowest BCUT2D eigenvalue weighted by Gasteiger charge is -2.12. The Bertz CT molecular complexity index is 643. The number of hydrogen-bond donors (Lipinski definition) is 0. The molecule has 0 N–H and O–H groups in total. The first-order valence-corrected chi connectivity index (χ1v) is 6.82. The molecule has 0 aliphatic heterocycles. The molecule has 110 valence electrons. The van der Waals surface area contributed by atoms with Crippen molar-refractivity contribution in [3.8, 4) is 11.5 Å². The van der Waals surface area contributed by atoms with Gasteiger partial charge >= 0.3 is 0 Å². The first-order valence-electron chi connectivity index (χ1n) is 6.44. The Balaban J connectivity index is 2.16. The summed E-state index contributed by atoms with van der Waals surface area (Å²) >= 11 is 5.44. The van der Waals surface area contributed by atoms with Gasteiger partial charge in [-0.05, 0) is 54.4 Å². The summed E-state index contributed by atoms with van der Waals surface area (Å²) in [5, 5.41) is -0.562. The number of carbonyl (C=O) groups is 1. The SMILES string of the molecule is CCOc1cc(C(=O)Cl)ccc1OCc1cccc(F)c1. The van der Waals surface area contributed by atoms with Gasteiger partial charge in [-0.2, -0.15) is 0 Å². The maximum absolute atomic E-state index is 13.1. The van der Waals surface area contributed by atoms with E-state index >= 15 is 0 Å². The predicted molar refractivity (Wildman–Crippen MR) is 78.5 cm³/mol. The molecule has 5 heteroatoms. The summed E-state index contributed by atoms with van der Waals surface area (Å²) in [5.41, 5.74) is 1.04. The number of hydrogen-bond acceptors (Lipinski definition) is 3. The van der Waals surface area contributed by atoms with Gasteiger partial charge in [0.05, 0.1) is 6.61 Å². The summed E-state index contributed by atoms with van der Waals surface area (Å²) in [5.74, 6) is 0.590. The van der Waals surface area contributed by atoms with Gasteiger partial charge in [0.1, 0.15) is 12.4 Å². The number of ether oxygens (including phenoxy) is 2. The predicted octanol–water partition coefficient (Wildman–Crippen LogP) is 4.18. The molecule has 0 saturated carbocycles. The number of halogens is 2. The van der Waals surface area contributed by atoms with Crippen LogP contribution in [0.25, 0.3) is 0 Å². The Morgan fingerprint density at radius 1 is 1.14 bits per heavy atom. The third-order valence-corrected chi connectivity index (χ3v) is 2.97. The molecular formula is C16H14ClFO3. The fraction of sp³-hybridized carbons (Fsp3) is 0.188. The molecule has 0 unspecified atom stereocenters. The zero-order valence-electron chi connectivity index (χ0n) is 11.4. The summed E-state index contributed by atoms with van der Waals surface area (Å²) in [7, 11) is 0. The summed E-state index contributed by atoms with van der Waals surface area (Å²) in [6.07, 6.45) is 0. The lowest BCUT2D eigenvalue weighted by Crippen LogP contribution is -2.01. The Kier molecular flexibility index (Phi) is 5.17. The lowest BCUT2D eigenvalue weighted by atomic mass is 10.2. The van der Waals surface area contributed by atoms with E-state index < -0.39 is 5.24 Å². The lowest BCUT2D eigenvalue weighted by molar-refractivity contribution is 0.108. The molecule has 2 aromatic rings. The van der Waals surface area contributed by atoms with E-state index in [-0.39, 0.29) is 12.4 Å². The smallest absolute Gasteiger partial charge is 0.252 e. The molecule has 0 spiro atoms. The molecule has 3 nitrogen and oxygen atoms in total. The average molecular weight is 309 g/mol. The molecule has 0 bridgehead atoms. The van der Waals surface area contributed by atoms with E-state index in [4.69, 9.17) is 21.1 Å². The minimum absolute atomic E-state index is 0.200. The molecule has 0 aromatic heterocycles. The molecule has 0 aliphatic carbocycles. The second kappa shape index (κ2) is 7.09. The average Bonchev–Trinajstić information content (AvgIpc) is 2.46. The number of rotatable bonds is 6. The standard InChI is InChI=1S/C16H14ClFO3/c1-2-20-15-9-12(16(17)19)6-7-14(15)21-10-11-4-3-5-13(18)8-11/h3-9H,2,10H2,1H3. The third kappa shape index (κ3) is 4.20. The van der Waals surface area contributed by atoms with Crippen molar-refractivity contribution in [3.63, 3.8) is 0 Å². The van der Waals surface area contributed by atoms with Crippen LogP contribution in [-0.2, 0) is 6.61 Å². The Labute approximate surface area is 127 Å². The van der Waals surface area contributed by atoms with Crippen molar-refractivity contribution in [2.75, 3.05) is 6.61 Å². The highest BCUT2D eigenvalue weighted by Gasteiger charge is 2.10. The molecule has 0 amide bonds. The van der Waals surface area contributed by atoms with Crippen LogP contribution in [0.4, 0.5) is 4.39 Å². The van der Waals surface area contributed by atoms with Crippen molar-refractivity contribution >= 4 is 16.8 Å². The van der Waals surface area contributed by atoms with Gasteiger partial charge in [0, 0.05) is 5.56 Å². The molecule has 0 aliphatic rings. The van der Waals surface area contributed by atoms with E-state index in [0.717, 1.165) is 0 Å².